The third-order valence-electron chi connectivity index (χ3n) is 3.97. The number of carbonyl (C=O) groups excluding carboxylic acids is 1. The fraction of sp³-hybridized carbons (Fsp3) is 0.0526. The van der Waals surface area contributed by atoms with Crippen molar-refractivity contribution in [3.05, 3.63) is 75.3 Å². The molecule has 0 aliphatic carbocycles. The van der Waals surface area contributed by atoms with Crippen molar-refractivity contribution in [2.75, 3.05) is 5.32 Å². The molecule has 0 aliphatic heterocycles. The largest absolute Gasteiger partial charge is 0.319 e. The fourth-order valence-corrected chi connectivity index (χ4v) is 3.78. The van der Waals surface area contributed by atoms with Crippen molar-refractivity contribution >= 4 is 51.1 Å². The maximum atomic E-state index is 12.7. The Hall–Kier alpha value is -2.34. The molecular formula is C19H13Cl2N3OS. The zero-order valence-electron chi connectivity index (χ0n) is 13.7. The van der Waals surface area contributed by atoms with Crippen molar-refractivity contribution in [2.24, 2.45) is 0 Å². The Morgan fingerprint density at radius 3 is 2.69 bits per heavy atom. The van der Waals surface area contributed by atoms with E-state index < -0.39 is 0 Å². The molecule has 0 fully saturated rings. The van der Waals surface area contributed by atoms with Gasteiger partial charge < -0.3 is 5.32 Å². The Morgan fingerprint density at radius 1 is 1.15 bits per heavy atom. The van der Waals surface area contributed by atoms with Crippen LogP contribution in [0.25, 0.3) is 16.2 Å². The predicted molar refractivity (Wildman–Crippen MR) is 108 cm³/mol. The number of fused-ring (bicyclic) bond motifs is 1. The van der Waals surface area contributed by atoms with E-state index in [2.05, 4.69) is 10.3 Å². The number of rotatable bonds is 3. The van der Waals surface area contributed by atoms with Crippen LogP contribution in [0.4, 0.5) is 5.69 Å². The molecule has 0 bridgehead atoms. The molecule has 0 aliphatic rings. The van der Waals surface area contributed by atoms with E-state index in [1.54, 1.807) is 28.0 Å². The highest BCUT2D eigenvalue weighted by atomic mass is 35.5. The summed E-state index contributed by atoms with van der Waals surface area (Å²) in [5.41, 5.74) is 3.99. The first-order valence-electron chi connectivity index (χ1n) is 7.81. The molecule has 0 spiro atoms. The quantitative estimate of drug-likeness (QED) is 0.462. The molecule has 2 aromatic carbocycles. The van der Waals surface area contributed by atoms with Crippen LogP contribution in [-0.4, -0.2) is 15.3 Å². The Kier molecular flexibility index (Phi) is 4.44. The first-order chi connectivity index (χ1) is 12.5. The Balaban J connectivity index is 1.67. The summed E-state index contributed by atoms with van der Waals surface area (Å²) in [6.45, 7) is 2.04. The van der Waals surface area contributed by atoms with Crippen LogP contribution in [0.2, 0.25) is 10.0 Å². The summed E-state index contributed by atoms with van der Waals surface area (Å²) in [6, 6.07) is 13.1. The van der Waals surface area contributed by atoms with E-state index in [0.717, 1.165) is 16.2 Å². The van der Waals surface area contributed by atoms with Gasteiger partial charge in [-0.1, -0.05) is 53.0 Å². The van der Waals surface area contributed by atoms with Gasteiger partial charge in [0.15, 0.2) is 4.96 Å². The summed E-state index contributed by atoms with van der Waals surface area (Å²) in [6.07, 6.45) is 1.87. The lowest BCUT2D eigenvalue weighted by atomic mass is 10.1. The lowest BCUT2D eigenvalue weighted by Crippen LogP contribution is -2.14. The lowest BCUT2D eigenvalue weighted by molar-refractivity contribution is 0.102. The molecular weight excluding hydrogens is 389 g/mol. The van der Waals surface area contributed by atoms with E-state index in [1.165, 1.54) is 16.9 Å². The lowest BCUT2D eigenvalue weighted by Gasteiger charge is -2.07. The number of anilines is 1. The molecule has 1 amide bonds. The number of hydrogen-bond donors (Lipinski definition) is 1. The Bertz CT molecular complexity index is 1120. The molecule has 0 saturated carbocycles. The molecule has 0 atom stereocenters. The number of nitrogens with zero attached hydrogens (tertiary/aromatic N) is 2. The Labute approximate surface area is 164 Å². The highest BCUT2D eigenvalue weighted by Gasteiger charge is 2.16. The molecule has 26 heavy (non-hydrogen) atoms. The van der Waals surface area contributed by atoms with Gasteiger partial charge in [0.05, 0.1) is 16.4 Å². The van der Waals surface area contributed by atoms with Crippen molar-refractivity contribution in [1.82, 2.24) is 9.38 Å². The number of nitrogens with one attached hydrogen (secondary N) is 1. The third-order valence-corrected chi connectivity index (χ3v) is 5.37. The molecule has 0 saturated heterocycles. The van der Waals surface area contributed by atoms with Crippen LogP contribution in [0, 0.1) is 6.92 Å². The number of imidazole rings is 1. The van der Waals surface area contributed by atoms with Gasteiger partial charge in [0, 0.05) is 22.2 Å². The summed E-state index contributed by atoms with van der Waals surface area (Å²) in [5, 5.41) is 5.51. The maximum absolute atomic E-state index is 12.7. The number of halogens is 2. The van der Waals surface area contributed by atoms with Gasteiger partial charge in [0.2, 0.25) is 0 Å². The second-order valence-electron chi connectivity index (χ2n) is 5.84. The standard InChI is InChI=1S/C19H13Cl2N3OS/c1-11-2-4-12(5-3-11)16-9-24-17(10-26-19(24)23-16)18(25)22-15-8-13(20)6-7-14(15)21/h2-10H,1H3,(H,22,25). The van der Waals surface area contributed by atoms with E-state index in [0.29, 0.717) is 21.4 Å². The summed E-state index contributed by atoms with van der Waals surface area (Å²) in [5.74, 6) is -0.270. The smallest absolute Gasteiger partial charge is 0.273 e. The Morgan fingerprint density at radius 2 is 1.92 bits per heavy atom. The first kappa shape index (κ1) is 17.1. The fourth-order valence-electron chi connectivity index (χ4n) is 2.59. The van der Waals surface area contributed by atoms with Crippen molar-refractivity contribution in [2.45, 2.75) is 6.92 Å². The number of aryl methyl sites for hydroxylation is 1. The summed E-state index contributed by atoms with van der Waals surface area (Å²) in [4.78, 5) is 18.0. The third kappa shape index (κ3) is 3.21. The summed E-state index contributed by atoms with van der Waals surface area (Å²) < 4.78 is 1.79. The zero-order valence-corrected chi connectivity index (χ0v) is 16.0. The van der Waals surface area contributed by atoms with E-state index >= 15 is 0 Å². The van der Waals surface area contributed by atoms with Crippen LogP contribution in [0.1, 0.15) is 16.1 Å². The number of benzene rings is 2. The number of hydrogen-bond acceptors (Lipinski definition) is 3. The minimum absolute atomic E-state index is 0.270. The van der Waals surface area contributed by atoms with Crippen molar-refractivity contribution in [1.29, 1.82) is 0 Å². The van der Waals surface area contributed by atoms with Gasteiger partial charge in [-0.05, 0) is 25.1 Å². The second-order valence-corrected chi connectivity index (χ2v) is 7.52. The molecule has 2 heterocycles. The number of amides is 1. The second kappa shape index (κ2) is 6.76. The maximum Gasteiger partial charge on any atom is 0.273 e. The monoisotopic (exact) mass is 401 g/mol. The molecule has 7 heteroatoms. The summed E-state index contributed by atoms with van der Waals surface area (Å²) in [7, 11) is 0. The molecule has 0 unspecified atom stereocenters. The van der Waals surface area contributed by atoms with Crippen molar-refractivity contribution in [3.63, 3.8) is 0 Å². The molecule has 4 rings (SSSR count). The number of aromatic nitrogens is 2. The average Bonchev–Trinajstić information content (AvgIpc) is 3.19. The van der Waals surface area contributed by atoms with Crippen LogP contribution < -0.4 is 5.32 Å². The topological polar surface area (TPSA) is 46.4 Å². The minimum Gasteiger partial charge on any atom is -0.319 e. The molecule has 0 radical (unpaired) electrons. The van der Waals surface area contributed by atoms with Crippen LogP contribution >= 0.6 is 34.5 Å². The molecule has 2 aromatic heterocycles. The number of thiazole rings is 1. The molecule has 130 valence electrons. The highest BCUT2D eigenvalue weighted by molar-refractivity contribution is 7.15. The van der Waals surface area contributed by atoms with Gasteiger partial charge in [-0.15, -0.1) is 11.3 Å². The average molecular weight is 402 g/mol. The van der Waals surface area contributed by atoms with Gasteiger partial charge in [0.25, 0.3) is 5.91 Å². The first-order valence-corrected chi connectivity index (χ1v) is 9.45. The van der Waals surface area contributed by atoms with Gasteiger partial charge in [-0.25, -0.2) is 4.98 Å². The van der Waals surface area contributed by atoms with E-state index in [4.69, 9.17) is 23.2 Å². The van der Waals surface area contributed by atoms with Crippen LogP contribution in [0.15, 0.2) is 54.0 Å². The molecule has 1 N–H and O–H groups in total. The van der Waals surface area contributed by atoms with Gasteiger partial charge in [0.1, 0.15) is 5.69 Å². The van der Waals surface area contributed by atoms with E-state index in [9.17, 15) is 4.79 Å². The highest BCUT2D eigenvalue weighted by Crippen LogP contribution is 2.28. The minimum atomic E-state index is -0.270. The van der Waals surface area contributed by atoms with Crippen LogP contribution in [0.3, 0.4) is 0 Å². The van der Waals surface area contributed by atoms with Crippen molar-refractivity contribution < 1.29 is 4.79 Å². The van der Waals surface area contributed by atoms with Gasteiger partial charge in [-0.3, -0.25) is 9.20 Å². The normalized spacial score (nSPS) is 11.0. The van der Waals surface area contributed by atoms with Crippen molar-refractivity contribution in [3.8, 4) is 11.3 Å². The molecule has 4 nitrogen and oxygen atoms in total. The van der Waals surface area contributed by atoms with Gasteiger partial charge >= 0.3 is 0 Å². The number of carbonyl (C=O) groups is 1. The SMILES string of the molecule is Cc1ccc(-c2cn3c(C(=O)Nc4cc(Cl)ccc4Cl)csc3n2)cc1. The van der Waals surface area contributed by atoms with E-state index in [-0.39, 0.29) is 5.91 Å². The molecule has 4 aromatic rings. The van der Waals surface area contributed by atoms with E-state index in [1.807, 2.05) is 37.4 Å². The predicted octanol–water partition coefficient (Wildman–Crippen LogP) is 5.93. The van der Waals surface area contributed by atoms with Crippen LogP contribution in [0.5, 0.6) is 0 Å². The zero-order chi connectivity index (χ0) is 18.3. The van der Waals surface area contributed by atoms with Gasteiger partial charge in [-0.2, -0.15) is 0 Å². The summed E-state index contributed by atoms with van der Waals surface area (Å²) >= 11 is 13.5. The van der Waals surface area contributed by atoms with Crippen LogP contribution in [-0.2, 0) is 0 Å².